The Labute approximate surface area is 83.9 Å². The monoisotopic (exact) mass is 191 g/mol. The fourth-order valence-corrected chi connectivity index (χ4v) is 1.01. The highest BCUT2D eigenvalue weighted by Crippen LogP contribution is 2.18. The number of ether oxygens (including phenoxy) is 2. The van der Waals surface area contributed by atoms with Gasteiger partial charge in [0.2, 0.25) is 0 Å². The largest absolute Gasteiger partial charge is 0.467 e. The number of nitrogens with zero attached hydrogens (tertiary/aromatic N) is 1. The smallest absolute Gasteiger partial charge is 0.189 e. The molecule has 0 aliphatic heterocycles. The highest BCUT2D eigenvalue weighted by Gasteiger charge is 2.00. The van der Waals surface area contributed by atoms with Crippen LogP contribution in [0.2, 0.25) is 0 Å². The summed E-state index contributed by atoms with van der Waals surface area (Å²) < 4.78 is 10.4. The number of hydrogen-bond donors (Lipinski definition) is 0. The molecule has 0 fully saturated rings. The van der Waals surface area contributed by atoms with Crippen LogP contribution in [0.15, 0.2) is 18.2 Å². The van der Waals surface area contributed by atoms with Gasteiger partial charge in [-0.15, -0.1) is 0 Å². The first-order chi connectivity index (χ1) is 6.77. The van der Waals surface area contributed by atoms with Gasteiger partial charge in [0.15, 0.2) is 6.79 Å². The van der Waals surface area contributed by atoms with Crippen LogP contribution >= 0.6 is 0 Å². The fourth-order valence-electron chi connectivity index (χ4n) is 1.01. The molecule has 0 atom stereocenters. The zero-order chi connectivity index (χ0) is 10.4. The van der Waals surface area contributed by atoms with Crippen molar-refractivity contribution in [2.45, 2.75) is 13.8 Å². The second-order valence-corrected chi connectivity index (χ2v) is 2.85. The van der Waals surface area contributed by atoms with E-state index in [1.54, 1.807) is 12.1 Å². The molecule has 0 bridgehead atoms. The van der Waals surface area contributed by atoms with Gasteiger partial charge in [0.25, 0.3) is 0 Å². The minimum Gasteiger partial charge on any atom is -0.467 e. The van der Waals surface area contributed by atoms with Gasteiger partial charge in [-0.05, 0) is 31.5 Å². The van der Waals surface area contributed by atoms with Crippen molar-refractivity contribution in [3.05, 3.63) is 29.3 Å². The summed E-state index contributed by atoms with van der Waals surface area (Å²) in [6.45, 7) is 4.69. The maximum Gasteiger partial charge on any atom is 0.189 e. The third kappa shape index (κ3) is 2.75. The van der Waals surface area contributed by atoms with Crippen LogP contribution in [0.3, 0.4) is 0 Å². The van der Waals surface area contributed by atoms with Crippen molar-refractivity contribution in [2.75, 3.05) is 13.4 Å². The van der Waals surface area contributed by atoms with Crippen LogP contribution in [-0.4, -0.2) is 13.4 Å². The second kappa shape index (κ2) is 5.25. The van der Waals surface area contributed by atoms with E-state index in [0.717, 1.165) is 5.56 Å². The molecule has 0 aliphatic rings. The molecular formula is C11H13NO2. The van der Waals surface area contributed by atoms with Gasteiger partial charge in [-0.2, -0.15) is 5.26 Å². The van der Waals surface area contributed by atoms with Gasteiger partial charge in [-0.1, -0.05) is 6.07 Å². The van der Waals surface area contributed by atoms with Crippen molar-refractivity contribution in [3.63, 3.8) is 0 Å². The highest BCUT2D eigenvalue weighted by molar-refractivity contribution is 5.41. The number of rotatable bonds is 4. The molecule has 0 heterocycles. The van der Waals surface area contributed by atoms with Crippen LogP contribution in [-0.2, 0) is 4.74 Å². The van der Waals surface area contributed by atoms with E-state index in [1.807, 2.05) is 19.9 Å². The van der Waals surface area contributed by atoms with E-state index in [9.17, 15) is 0 Å². The number of hydrogen-bond acceptors (Lipinski definition) is 3. The maximum absolute atomic E-state index is 8.69. The predicted molar refractivity (Wildman–Crippen MR) is 53.0 cm³/mol. The highest BCUT2D eigenvalue weighted by atomic mass is 16.7. The van der Waals surface area contributed by atoms with Gasteiger partial charge in [0.05, 0.1) is 11.6 Å². The molecular weight excluding hydrogens is 178 g/mol. The summed E-state index contributed by atoms with van der Waals surface area (Å²) >= 11 is 0. The van der Waals surface area contributed by atoms with Crippen LogP contribution in [0.25, 0.3) is 0 Å². The summed E-state index contributed by atoms with van der Waals surface area (Å²) in [6.07, 6.45) is 0. The van der Waals surface area contributed by atoms with Gasteiger partial charge in [0, 0.05) is 6.61 Å². The lowest BCUT2D eigenvalue weighted by molar-refractivity contribution is 0.0220. The van der Waals surface area contributed by atoms with Gasteiger partial charge < -0.3 is 9.47 Å². The molecule has 0 amide bonds. The summed E-state index contributed by atoms with van der Waals surface area (Å²) in [7, 11) is 0. The Balaban J connectivity index is 2.70. The van der Waals surface area contributed by atoms with E-state index in [2.05, 4.69) is 6.07 Å². The molecule has 1 aromatic rings. The van der Waals surface area contributed by atoms with Crippen molar-refractivity contribution >= 4 is 0 Å². The number of nitriles is 1. The molecule has 14 heavy (non-hydrogen) atoms. The lowest BCUT2D eigenvalue weighted by Crippen LogP contribution is -2.03. The fraction of sp³-hybridized carbons (Fsp3) is 0.364. The first kappa shape index (κ1) is 10.6. The lowest BCUT2D eigenvalue weighted by atomic mass is 10.1. The zero-order valence-electron chi connectivity index (χ0n) is 8.41. The molecule has 3 heteroatoms. The molecule has 0 aliphatic carbocycles. The van der Waals surface area contributed by atoms with Crippen LogP contribution in [0.1, 0.15) is 18.1 Å². The number of aryl methyl sites for hydroxylation is 1. The molecule has 0 saturated carbocycles. The second-order valence-electron chi connectivity index (χ2n) is 2.85. The van der Waals surface area contributed by atoms with Gasteiger partial charge in [-0.3, -0.25) is 0 Å². The third-order valence-corrected chi connectivity index (χ3v) is 1.82. The number of benzene rings is 1. The van der Waals surface area contributed by atoms with Crippen molar-refractivity contribution < 1.29 is 9.47 Å². The minimum atomic E-state index is 0.228. The molecule has 1 aromatic carbocycles. The van der Waals surface area contributed by atoms with E-state index >= 15 is 0 Å². The lowest BCUT2D eigenvalue weighted by Gasteiger charge is -2.08. The van der Waals surface area contributed by atoms with Crippen LogP contribution in [0.5, 0.6) is 5.75 Å². The summed E-state index contributed by atoms with van der Waals surface area (Å²) in [5, 5.41) is 8.69. The maximum atomic E-state index is 8.69. The molecule has 74 valence electrons. The first-order valence-corrected chi connectivity index (χ1v) is 4.49. The summed E-state index contributed by atoms with van der Waals surface area (Å²) in [5.41, 5.74) is 1.60. The molecule has 1 rings (SSSR count). The average Bonchev–Trinajstić information content (AvgIpc) is 2.21. The molecule has 0 spiro atoms. The molecule has 0 unspecified atom stereocenters. The van der Waals surface area contributed by atoms with E-state index in [-0.39, 0.29) is 6.79 Å². The summed E-state index contributed by atoms with van der Waals surface area (Å²) in [4.78, 5) is 0. The van der Waals surface area contributed by atoms with Crippen LogP contribution < -0.4 is 4.74 Å². The SMILES string of the molecule is CCOCOc1cc(C#N)ccc1C. The minimum absolute atomic E-state index is 0.228. The zero-order valence-corrected chi connectivity index (χ0v) is 8.41. The molecule has 0 aromatic heterocycles. The Kier molecular flexibility index (Phi) is 3.96. The van der Waals surface area contributed by atoms with Gasteiger partial charge >= 0.3 is 0 Å². The third-order valence-electron chi connectivity index (χ3n) is 1.82. The molecule has 0 radical (unpaired) electrons. The quantitative estimate of drug-likeness (QED) is 0.541. The van der Waals surface area contributed by atoms with E-state index in [1.165, 1.54) is 0 Å². The van der Waals surface area contributed by atoms with Crippen molar-refractivity contribution in [2.24, 2.45) is 0 Å². The van der Waals surface area contributed by atoms with Crippen LogP contribution in [0, 0.1) is 18.3 Å². The molecule has 3 nitrogen and oxygen atoms in total. The Hall–Kier alpha value is -1.53. The van der Waals surface area contributed by atoms with E-state index in [0.29, 0.717) is 17.9 Å². The molecule has 0 saturated heterocycles. The first-order valence-electron chi connectivity index (χ1n) is 4.49. The van der Waals surface area contributed by atoms with Crippen molar-refractivity contribution in [1.29, 1.82) is 5.26 Å². The Morgan fingerprint density at radius 1 is 1.43 bits per heavy atom. The van der Waals surface area contributed by atoms with Gasteiger partial charge in [0.1, 0.15) is 5.75 Å². The topological polar surface area (TPSA) is 42.2 Å². The van der Waals surface area contributed by atoms with Crippen LogP contribution in [0.4, 0.5) is 0 Å². The Morgan fingerprint density at radius 2 is 2.21 bits per heavy atom. The van der Waals surface area contributed by atoms with Crippen molar-refractivity contribution in [1.82, 2.24) is 0 Å². The van der Waals surface area contributed by atoms with E-state index in [4.69, 9.17) is 14.7 Å². The summed E-state index contributed by atoms with van der Waals surface area (Å²) in [5.74, 6) is 0.706. The normalized spacial score (nSPS) is 9.50. The average molecular weight is 191 g/mol. The standard InChI is InChI=1S/C11H13NO2/c1-3-13-8-14-11-6-10(7-12)5-4-9(11)2/h4-6H,3,8H2,1-2H3. The Bertz CT molecular complexity index is 342. The predicted octanol–water partition coefficient (Wildman–Crippen LogP) is 2.24. The van der Waals surface area contributed by atoms with E-state index < -0.39 is 0 Å². The van der Waals surface area contributed by atoms with Gasteiger partial charge in [-0.25, -0.2) is 0 Å². The molecule has 0 N–H and O–H groups in total. The summed E-state index contributed by atoms with van der Waals surface area (Å²) in [6, 6.07) is 7.41. The van der Waals surface area contributed by atoms with Crippen molar-refractivity contribution in [3.8, 4) is 11.8 Å². The Morgan fingerprint density at radius 3 is 2.86 bits per heavy atom.